The van der Waals surface area contributed by atoms with Gasteiger partial charge in [-0.1, -0.05) is 6.92 Å². The van der Waals surface area contributed by atoms with E-state index in [1.54, 1.807) is 0 Å². The van der Waals surface area contributed by atoms with Gasteiger partial charge in [-0.05, 0) is 26.7 Å². The molecular weight excluding hydrogens is 242 g/mol. The van der Waals surface area contributed by atoms with Crippen molar-refractivity contribution in [2.24, 2.45) is 5.73 Å². The molecule has 0 saturated heterocycles. The van der Waals surface area contributed by atoms with Gasteiger partial charge in [0.25, 0.3) is 0 Å². The normalized spacial score (nSPS) is 10.3. The molecule has 0 radical (unpaired) electrons. The lowest BCUT2D eigenvalue weighted by molar-refractivity contribution is -0.118. The van der Waals surface area contributed by atoms with E-state index in [1.165, 1.54) is 0 Å². The molecule has 0 aliphatic carbocycles. The minimum Gasteiger partial charge on any atom is -0.370 e. The second-order valence-corrected chi connectivity index (χ2v) is 4.52. The first-order valence-corrected chi connectivity index (χ1v) is 6.65. The molecule has 6 heteroatoms. The summed E-state index contributed by atoms with van der Waals surface area (Å²) in [6.45, 7) is 7.52. The summed E-state index contributed by atoms with van der Waals surface area (Å²) in [5.41, 5.74) is 6.10. The third kappa shape index (κ3) is 5.11. The second-order valence-electron chi connectivity index (χ2n) is 4.52. The van der Waals surface area contributed by atoms with Gasteiger partial charge in [0.15, 0.2) is 0 Å². The summed E-state index contributed by atoms with van der Waals surface area (Å²) in [6.07, 6.45) is 2.14. The first-order chi connectivity index (χ1) is 9.04. The molecule has 0 fully saturated rings. The number of aryl methyl sites for hydroxylation is 1. The maximum atomic E-state index is 10.7. The Balaban J connectivity index is 2.66. The van der Waals surface area contributed by atoms with E-state index < -0.39 is 0 Å². The Kier molecular flexibility index (Phi) is 6.05. The van der Waals surface area contributed by atoms with Gasteiger partial charge in [0, 0.05) is 25.1 Å². The van der Waals surface area contributed by atoms with Gasteiger partial charge in [-0.15, -0.1) is 0 Å². The molecule has 1 rings (SSSR count). The smallest absolute Gasteiger partial charge is 0.217 e. The van der Waals surface area contributed by atoms with Crippen LogP contribution in [0, 0.1) is 13.8 Å². The number of nitrogens with one attached hydrogen (secondary N) is 2. The molecule has 1 aromatic heterocycles. The average Bonchev–Trinajstić information content (AvgIpc) is 2.36. The maximum absolute atomic E-state index is 10.7. The number of rotatable bonds is 8. The molecule has 6 nitrogen and oxygen atoms in total. The highest BCUT2D eigenvalue weighted by atomic mass is 16.1. The number of nitrogens with two attached hydrogens (primary N) is 1. The molecule has 1 amide bonds. The van der Waals surface area contributed by atoms with Crippen molar-refractivity contribution in [1.82, 2.24) is 9.97 Å². The van der Waals surface area contributed by atoms with Crippen molar-refractivity contribution >= 4 is 17.5 Å². The molecule has 0 atom stereocenters. The Bertz CT molecular complexity index is 433. The minimum absolute atomic E-state index is 0.275. The van der Waals surface area contributed by atoms with Gasteiger partial charge in [-0.3, -0.25) is 4.79 Å². The van der Waals surface area contributed by atoms with Crippen molar-refractivity contribution in [3.63, 3.8) is 0 Å². The Morgan fingerprint density at radius 3 is 2.26 bits per heavy atom. The number of aromatic nitrogens is 2. The van der Waals surface area contributed by atoms with Crippen LogP contribution >= 0.6 is 0 Å². The van der Waals surface area contributed by atoms with Crippen LogP contribution in [0.4, 0.5) is 11.6 Å². The largest absolute Gasteiger partial charge is 0.370 e. The number of carbonyl (C=O) groups excluding carboxylic acids is 1. The molecule has 19 heavy (non-hydrogen) atoms. The molecule has 0 spiro atoms. The van der Waals surface area contributed by atoms with Crippen LogP contribution < -0.4 is 16.4 Å². The third-order valence-electron chi connectivity index (χ3n) is 2.69. The highest BCUT2D eigenvalue weighted by molar-refractivity contribution is 5.73. The average molecular weight is 265 g/mol. The van der Waals surface area contributed by atoms with E-state index in [4.69, 9.17) is 5.73 Å². The quantitative estimate of drug-likeness (QED) is 0.621. The fraction of sp³-hybridized carbons (Fsp3) is 0.615. The van der Waals surface area contributed by atoms with Gasteiger partial charge in [-0.2, -0.15) is 0 Å². The monoisotopic (exact) mass is 265 g/mol. The van der Waals surface area contributed by atoms with Crippen molar-refractivity contribution in [3.05, 3.63) is 11.4 Å². The predicted octanol–water partition coefficient (Wildman–Crippen LogP) is 1.59. The first-order valence-electron chi connectivity index (χ1n) is 6.65. The summed E-state index contributed by atoms with van der Waals surface area (Å²) in [5, 5.41) is 6.51. The van der Waals surface area contributed by atoms with E-state index in [0.29, 0.717) is 19.4 Å². The van der Waals surface area contributed by atoms with Crippen LogP contribution in [0.15, 0.2) is 0 Å². The van der Waals surface area contributed by atoms with E-state index in [9.17, 15) is 4.79 Å². The zero-order valence-electron chi connectivity index (χ0n) is 11.9. The third-order valence-corrected chi connectivity index (χ3v) is 2.69. The van der Waals surface area contributed by atoms with Crippen LogP contribution in [0.1, 0.15) is 37.6 Å². The van der Waals surface area contributed by atoms with Gasteiger partial charge in [0.2, 0.25) is 5.91 Å². The molecule has 0 saturated carbocycles. The summed E-state index contributed by atoms with van der Waals surface area (Å²) in [6, 6.07) is 0. The fourth-order valence-electron chi connectivity index (χ4n) is 1.69. The molecule has 0 aromatic carbocycles. The molecule has 0 unspecified atom stereocenters. The number of hydrogen-bond acceptors (Lipinski definition) is 5. The van der Waals surface area contributed by atoms with Crippen molar-refractivity contribution in [3.8, 4) is 0 Å². The molecule has 1 aromatic rings. The van der Waals surface area contributed by atoms with Crippen molar-refractivity contribution in [2.75, 3.05) is 23.7 Å². The number of anilines is 2. The van der Waals surface area contributed by atoms with Gasteiger partial charge in [0.05, 0.1) is 0 Å². The van der Waals surface area contributed by atoms with E-state index in [2.05, 4.69) is 27.5 Å². The summed E-state index contributed by atoms with van der Waals surface area (Å²) in [5.74, 6) is 2.13. The Labute approximate surface area is 114 Å². The molecule has 0 aliphatic rings. The van der Waals surface area contributed by atoms with Crippen LogP contribution in [0.25, 0.3) is 0 Å². The minimum atomic E-state index is -0.275. The van der Waals surface area contributed by atoms with Crippen LogP contribution in [-0.4, -0.2) is 29.0 Å². The van der Waals surface area contributed by atoms with E-state index in [-0.39, 0.29) is 5.91 Å². The molecule has 0 aliphatic heterocycles. The standard InChI is InChI=1S/C13H23N5O/c1-4-7-15-12-9(2)13(18-10(3)17-12)16-8-5-6-11(14)19/h4-8H2,1-3H3,(H2,14,19)(H2,15,16,17,18). The second kappa shape index (κ2) is 7.56. The molecular formula is C13H23N5O. The van der Waals surface area contributed by atoms with E-state index in [1.807, 2.05) is 13.8 Å². The van der Waals surface area contributed by atoms with Gasteiger partial charge in [-0.25, -0.2) is 9.97 Å². The summed E-state index contributed by atoms with van der Waals surface area (Å²) >= 11 is 0. The fourth-order valence-corrected chi connectivity index (χ4v) is 1.69. The first kappa shape index (κ1) is 15.2. The Morgan fingerprint density at radius 2 is 1.74 bits per heavy atom. The topological polar surface area (TPSA) is 92.9 Å². The number of hydrogen-bond donors (Lipinski definition) is 3. The maximum Gasteiger partial charge on any atom is 0.217 e. The summed E-state index contributed by atoms with van der Waals surface area (Å²) in [4.78, 5) is 19.4. The van der Waals surface area contributed by atoms with Crippen molar-refractivity contribution in [2.45, 2.75) is 40.0 Å². The van der Waals surface area contributed by atoms with E-state index >= 15 is 0 Å². The number of carbonyl (C=O) groups is 1. The molecule has 1 heterocycles. The molecule has 4 N–H and O–H groups in total. The molecule has 106 valence electrons. The Hall–Kier alpha value is -1.85. The predicted molar refractivity (Wildman–Crippen MR) is 77.2 cm³/mol. The van der Waals surface area contributed by atoms with Crippen molar-refractivity contribution < 1.29 is 4.79 Å². The van der Waals surface area contributed by atoms with E-state index in [0.717, 1.165) is 36.0 Å². The lowest BCUT2D eigenvalue weighted by atomic mass is 10.2. The number of amides is 1. The van der Waals surface area contributed by atoms with Crippen LogP contribution in [0.2, 0.25) is 0 Å². The lowest BCUT2D eigenvalue weighted by Gasteiger charge is -2.13. The van der Waals surface area contributed by atoms with Crippen LogP contribution in [-0.2, 0) is 4.79 Å². The zero-order chi connectivity index (χ0) is 14.3. The van der Waals surface area contributed by atoms with Crippen LogP contribution in [0.5, 0.6) is 0 Å². The summed E-state index contributed by atoms with van der Waals surface area (Å²) < 4.78 is 0. The van der Waals surface area contributed by atoms with Gasteiger partial charge in [0.1, 0.15) is 17.5 Å². The zero-order valence-corrected chi connectivity index (χ0v) is 11.9. The van der Waals surface area contributed by atoms with Crippen molar-refractivity contribution in [1.29, 1.82) is 0 Å². The summed E-state index contributed by atoms with van der Waals surface area (Å²) in [7, 11) is 0. The number of nitrogens with zero attached hydrogens (tertiary/aromatic N) is 2. The van der Waals surface area contributed by atoms with Gasteiger partial charge < -0.3 is 16.4 Å². The SMILES string of the molecule is CCCNc1nc(C)nc(NCCCC(N)=O)c1C. The highest BCUT2D eigenvalue weighted by Crippen LogP contribution is 2.19. The Morgan fingerprint density at radius 1 is 1.16 bits per heavy atom. The lowest BCUT2D eigenvalue weighted by Crippen LogP contribution is -2.14. The van der Waals surface area contributed by atoms with Crippen LogP contribution in [0.3, 0.4) is 0 Å². The van der Waals surface area contributed by atoms with Gasteiger partial charge >= 0.3 is 0 Å². The molecule has 0 bridgehead atoms. The number of primary amides is 1. The highest BCUT2D eigenvalue weighted by Gasteiger charge is 2.08.